The van der Waals surface area contributed by atoms with E-state index in [9.17, 15) is 8.42 Å². The number of benzene rings is 1. The second-order valence-electron chi connectivity index (χ2n) is 5.98. The van der Waals surface area contributed by atoms with E-state index in [-0.39, 0.29) is 10.1 Å². The zero-order valence-corrected chi connectivity index (χ0v) is 15.7. The van der Waals surface area contributed by atoms with Gasteiger partial charge in [0.25, 0.3) is 0 Å². The number of pyridine rings is 1. The summed E-state index contributed by atoms with van der Waals surface area (Å²) in [5.41, 5.74) is 3.68. The van der Waals surface area contributed by atoms with E-state index in [0.29, 0.717) is 11.4 Å². The van der Waals surface area contributed by atoms with Crippen molar-refractivity contribution in [3.05, 3.63) is 66.1 Å². The Morgan fingerprint density at radius 3 is 2.62 bits per heavy atom. The van der Waals surface area contributed by atoms with Crippen molar-refractivity contribution in [2.75, 3.05) is 5.75 Å². The molecule has 0 amide bonds. The number of hydrogen-bond donors (Lipinski definition) is 0. The summed E-state index contributed by atoms with van der Waals surface area (Å²) in [5, 5.41) is 4.22. The van der Waals surface area contributed by atoms with E-state index in [2.05, 4.69) is 15.1 Å². The van der Waals surface area contributed by atoms with Gasteiger partial charge < -0.3 is 0 Å². The average molecular weight is 384 g/mol. The van der Waals surface area contributed by atoms with Gasteiger partial charge in [-0.15, -0.1) is 5.10 Å². The van der Waals surface area contributed by atoms with Crippen LogP contribution in [0.15, 0.2) is 59.2 Å². The number of rotatable bonds is 5. The maximum Gasteiger partial charge on any atom is 0.232 e. The van der Waals surface area contributed by atoms with Gasteiger partial charge in [0.15, 0.2) is 0 Å². The minimum atomic E-state index is -3.47. The molecule has 8 heteroatoms. The molecule has 4 aromatic rings. The number of aryl methyl sites for hydroxylation is 2. The van der Waals surface area contributed by atoms with E-state index >= 15 is 0 Å². The predicted octanol–water partition coefficient (Wildman–Crippen LogP) is 3.18. The minimum Gasteiger partial charge on any atom is -0.261 e. The maximum absolute atomic E-state index is 12.5. The molecule has 0 saturated carbocycles. The lowest BCUT2D eigenvalue weighted by Gasteiger charge is -2.00. The smallest absolute Gasteiger partial charge is 0.232 e. The zero-order valence-electron chi connectivity index (χ0n) is 14.0. The summed E-state index contributed by atoms with van der Waals surface area (Å²) in [6.07, 6.45) is 3.78. The molecule has 1 aromatic carbocycles. The summed E-state index contributed by atoms with van der Waals surface area (Å²) in [6.45, 7) is 2.03. The molecule has 0 aliphatic carbocycles. The number of fused-ring (bicyclic) bond motifs is 1. The number of nitrogens with zero attached hydrogens (tertiary/aromatic N) is 4. The summed E-state index contributed by atoms with van der Waals surface area (Å²) in [6, 6.07) is 13.5. The Hall–Kier alpha value is -2.58. The molecule has 0 unspecified atom stereocenters. The van der Waals surface area contributed by atoms with E-state index in [1.165, 1.54) is 10.1 Å². The lowest BCUT2D eigenvalue weighted by molar-refractivity contribution is 0.592. The molecule has 132 valence electrons. The van der Waals surface area contributed by atoms with Crippen molar-refractivity contribution in [3.8, 4) is 11.3 Å². The molecule has 0 bridgehead atoms. The van der Waals surface area contributed by atoms with Crippen LogP contribution in [0.2, 0.25) is 0 Å². The van der Waals surface area contributed by atoms with Crippen molar-refractivity contribution in [3.63, 3.8) is 0 Å². The van der Waals surface area contributed by atoms with Crippen LogP contribution in [0.25, 0.3) is 16.2 Å². The minimum absolute atomic E-state index is 0.0223. The van der Waals surface area contributed by atoms with Crippen LogP contribution in [-0.4, -0.2) is 33.8 Å². The second-order valence-corrected chi connectivity index (χ2v) is 9.22. The highest BCUT2D eigenvalue weighted by molar-refractivity contribution is 7.93. The van der Waals surface area contributed by atoms with Gasteiger partial charge in [-0.05, 0) is 19.1 Å². The molecule has 26 heavy (non-hydrogen) atoms. The Morgan fingerprint density at radius 2 is 1.92 bits per heavy atom. The molecule has 0 radical (unpaired) electrons. The summed E-state index contributed by atoms with van der Waals surface area (Å²) in [4.78, 5) is 9.23. The van der Waals surface area contributed by atoms with Crippen molar-refractivity contribution in [2.24, 2.45) is 0 Å². The van der Waals surface area contributed by atoms with Crippen LogP contribution in [-0.2, 0) is 16.3 Å². The van der Waals surface area contributed by atoms with Gasteiger partial charge in [0.05, 0.1) is 17.6 Å². The molecule has 3 aromatic heterocycles. The Bertz CT molecular complexity index is 1120. The maximum atomic E-state index is 12.5. The lowest BCUT2D eigenvalue weighted by Crippen LogP contribution is -2.10. The molecule has 6 nitrogen and oxygen atoms in total. The first-order valence-corrected chi connectivity index (χ1v) is 10.5. The predicted molar refractivity (Wildman–Crippen MR) is 101 cm³/mol. The van der Waals surface area contributed by atoms with Crippen LogP contribution in [0.5, 0.6) is 0 Å². The fourth-order valence-electron chi connectivity index (χ4n) is 2.54. The third-order valence-corrected chi connectivity index (χ3v) is 7.08. The molecule has 4 rings (SSSR count). The Morgan fingerprint density at radius 1 is 1.12 bits per heavy atom. The standard InChI is InChI=1S/C18H16N4O2S2/c1-13-5-7-14(8-6-13)16-12-22-17(20-16)25-18(21-22)26(23,24)11-9-15-4-2-3-10-19-15/h2-8,10,12H,9,11H2,1H3. The summed E-state index contributed by atoms with van der Waals surface area (Å²) in [7, 11) is -3.47. The molecular formula is C18H16N4O2S2. The van der Waals surface area contributed by atoms with Crippen LogP contribution < -0.4 is 0 Å². The Balaban J connectivity index is 1.57. The SMILES string of the molecule is Cc1ccc(-c2cn3nc(S(=O)(=O)CCc4ccccn4)sc3n2)cc1. The van der Waals surface area contributed by atoms with Crippen LogP contribution in [0.4, 0.5) is 0 Å². The van der Waals surface area contributed by atoms with Crippen molar-refractivity contribution >= 4 is 26.1 Å². The highest BCUT2D eigenvalue weighted by atomic mass is 32.2. The van der Waals surface area contributed by atoms with Crippen molar-refractivity contribution in [1.29, 1.82) is 0 Å². The van der Waals surface area contributed by atoms with E-state index < -0.39 is 9.84 Å². The third-order valence-electron chi connectivity index (χ3n) is 3.99. The van der Waals surface area contributed by atoms with E-state index in [4.69, 9.17) is 0 Å². The molecule has 0 spiro atoms. The van der Waals surface area contributed by atoms with Crippen LogP contribution in [0.3, 0.4) is 0 Å². The van der Waals surface area contributed by atoms with Gasteiger partial charge in [0.1, 0.15) is 0 Å². The van der Waals surface area contributed by atoms with Crippen molar-refractivity contribution < 1.29 is 8.42 Å². The van der Waals surface area contributed by atoms with Crippen molar-refractivity contribution in [1.82, 2.24) is 19.6 Å². The molecule has 0 atom stereocenters. The fraction of sp³-hybridized carbons (Fsp3) is 0.167. The second kappa shape index (κ2) is 6.62. The quantitative estimate of drug-likeness (QED) is 0.528. The largest absolute Gasteiger partial charge is 0.261 e. The number of sulfone groups is 1. The Labute approximate surface area is 155 Å². The highest BCUT2D eigenvalue weighted by Gasteiger charge is 2.21. The number of imidazole rings is 1. The summed E-state index contributed by atoms with van der Waals surface area (Å²) in [5.74, 6) is -0.0223. The van der Waals surface area contributed by atoms with Gasteiger partial charge in [-0.2, -0.15) is 0 Å². The number of hydrogen-bond acceptors (Lipinski definition) is 6. The summed E-state index contributed by atoms with van der Waals surface area (Å²) < 4.78 is 26.7. The zero-order chi connectivity index (χ0) is 18.1. The van der Waals surface area contributed by atoms with Crippen LogP contribution in [0, 0.1) is 6.92 Å². The fourth-order valence-corrected chi connectivity index (χ4v) is 5.01. The highest BCUT2D eigenvalue weighted by Crippen LogP contribution is 2.25. The van der Waals surface area contributed by atoms with Crippen LogP contribution in [0.1, 0.15) is 11.3 Å². The molecular weight excluding hydrogens is 368 g/mol. The van der Waals surface area contributed by atoms with Gasteiger partial charge >= 0.3 is 0 Å². The van der Waals surface area contributed by atoms with Gasteiger partial charge in [-0.25, -0.2) is 17.9 Å². The summed E-state index contributed by atoms with van der Waals surface area (Å²) >= 11 is 1.09. The molecule has 3 heterocycles. The van der Waals surface area contributed by atoms with Gasteiger partial charge in [0.2, 0.25) is 19.1 Å². The molecule has 0 fully saturated rings. The first-order valence-electron chi connectivity index (χ1n) is 8.07. The topological polar surface area (TPSA) is 77.2 Å². The first-order chi connectivity index (χ1) is 12.5. The Kier molecular flexibility index (Phi) is 4.29. The third kappa shape index (κ3) is 3.38. The van der Waals surface area contributed by atoms with Gasteiger partial charge in [-0.1, -0.05) is 47.2 Å². The van der Waals surface area contributed by atoms with E-state index in [0.717, 1.165) is 28.3 Å². The molecule has 0 aliphatic rings. The van der Waals surface area contributed by atoms with E-state index in [1.54, 1.807) is 18.5 Å². The van der Waals surface area contributed by atoms with Crippen LogP contribution >= 0.6 is 11.3 Å². The monoisotopic (exact) mass is 384 g/mol. The first kappa shape index (κ1) is 16.9. The molecule has 0 aliphatic heterocycles. The lowest BCUT2D eigenvalue weighted by atomic mass is 10.1. The van der Waals surface area contributed by atoms with Crippen molar-refractivity contribution in [2.45, 2.75) is 17.7 Å². The molecule has 0 N–H and O–H groups in total. The number of aromatic nitrogens is 4. The van der Waals surface area contributed by atoms with E-state index in [1.807, 2.05) is 43.3 Å². The van der Waals surface area contributed by atoms with Gasteiger partial charge in [-0.3, -0.25) is 4.98 Å². The average Bonchev–Trinajstić information content (AvgIpc) is 3.21. The normalized spacial score (nSPS) is 11.9. The van der Waals surface area contributed by atoms with Gasteiger partial charge in [0, 0.05) is 23.9 Å². The molecule has 0 saturated heterocycles.